The van der Waals surface area contributed by atoms with Crippen molar-refractivity contribution >= 4 is 0 Å². The highest BCUT2D eigenvalue weighted by atomic mass is 16.5. The number of aromatic hydroxyl groups is 1. The monoisotopic (exact) mass is 221 g/mol. The lowest BCUT2D eigenvalue weighted by Crippen LogP contribution is -2.26. The second-order valence-electron chi connectivity index (χ2n) is 3.84. The average molecular weight is 221 g/mol. The third kappa shape index (κ3) is 3.00. The van der Waals surface area contributed by atoms with Crippen molar-refractivity contribution in [1.82, 2.24) is 5.32 Å². The first-order valence-electron chi connectivity index (χ1n) is 5.34. The summed E-state index contributed by atoms with van der Waals surface area (Å²) < 4.78 is 5.13. The molecule has 1 aromatic rings. The van der Waals surface area contributed by atoms with Crippen molar-refractivity contribution in [2.45, 2.75) is 25.9 Å². The molecule has 1 aromatic carbocycles. The number of phenolic OH excluding ortho intramolecular Hbond substituents is 1. The number of rotatable bonds is 5. The number of hydrogen-bond acceptors (Lipinski definition) is 3. The Hall–Kier alpha value is -1.48. The Labute approximate surface area is 96.8 Å². The van der Waals surface area contributed by atoms with E-state index in [1.165, 1.54) is 0 Å². The van der Waals surface area contributed by atoms with E-state index in [1.54, 1.807) is 19.2 Å². The molecular formula is C13H19NO2. The quantitative estimate of drug-likeness (QED) is 0.751. The van der Waals surface area contributed by atoms with Crippen molar-refractivity contribution < 1.29 is 9.84 Å². The molecule has 0 amide bonds. The predicted molar refractivity (Wildman–Crippen MR) is 65.9 cm³/mol. The number of benzene rings is 1. The van der Waals surface area contributed by atoms with Gasteiger partial charge in [-0.1, -0.05) is 6.08 Å². The maximum Gasteiger partial charge on any atom is 0.120 e. The zero-order valence-electron chi connectivity index (χ0n) is 10.0. The molecule has 0 aromatic heterocycles. The van der Waals surface area contributed by atoms with E-state index in [-0.39, 0.29) is 17.8 Å². The van der Waals surface area contributed by atoms with E-state index in [9.17, 15) is 5.11 Å². The van der Waals surface area contributed by atoms with Crippen molar-refractivity contribution in [2.24, 2.45) is 0 Å². The van der Waals surface area contributed by atoms with Gasteiger partial charge < -0.3 is 15.2 Å². The summed E-state index contributed by atoms with van der Waals surface area (Å²) in [6.07, 6.45) is 1.83. The van der Waals surface area contributed by atoms with E-state index in [4.69, 9.17) is 4.74 Å². The molecule has 16 heavy (non-hydrogen) atoms. The van der Waals surface area contributed by atoms with Gasteiger partial charge in [0, 0.05) is 17.6 Å². The minimum atomic E-state index is 0.0445. The molecule has 0 fully saturated rings. The summed E-state index contributed by atoms with van der Waals surface area (Å²) in [4.78, 5) is 0. The number of methoxy groups -OCH3 is 1. The first kappa shape index (κ1) is 12.6. The van der Waals surface area contributed by atoms with Crippen LogP contribution in [0, 0.1) is 0 Å². The van der Waals surface area contributed by atoms with E-state index >= 15 is 0 Å². The first-order chi connectivity index (χ1) is 7.58. The zero-order valence-corrected chi connectivity index (χ0v) is 10.0. The van der Waals surface area contributed by atoms with Crippen LogP contribution in [0.1, 0.15) is 25.5 Å². The molecule has 0 radical (unpaired) electrons. The minimum Gasteiger partial charge on any atom is -0.508 e. The van der Waals surface area contributed by atoms with Crippen LogP contribution in [0.5, 0.6) is 11.5 Å². The Morgan fingerprint density at radius 2 is 2.12 bits per heavy atom. The van der Waals surface area contributed by atoms with Crippen LogP contribution in [0.2, 0.25) is 0 Å². The van der Waals surface area contributed by atoms with E-state index < -0.39 is 0 Å². The van der Waals surface area contributed by atoms with Crippen LogP contribution in [0.25, 0.3) is 0 Å². The minimum absolute atomic E-state index is 0.0445. The second-order valence-corrected chi connectivity index (χ2v) is 3.84. The fourth-order valence-electron chi connectivity index (χ4n) is 1.56. The van der Waals surface area contributed by atoms with Gasteiger partial charge in [0.05, 0.1) is 7.11 Å². The van der Waals surface area contributed by atoms with Crippen LogP contribution in [-0.4, -0.2) is 18.3 Å². The van der Waals surface area contributed by atoms with Gasteiger partial charge in [-0.3, -0.25) is 0 Å². The molecule has 2 atom stereocenters. The van der Waals surface area contributed by atoms with Crippen LogP contribution in [0.15, 0.2) is 30.9 Å². The van der Waals surface area contributed by atoms with E-state index in [1.807, 2.05) is 26.0 Å². The summed E-state index contributed by atoms with van der Waals surface area (Å²) in [7, 11) is 1.61. The third-order valence-corrected chi connectivity index (χ3v) is 2.57. The van der Waals surface area contributed by atoms with Crippen molar-refractivity contribution in [3.8, 4) is 11.5 Å². The Bertz CT molecular complexity index is 363. The highest BCUT2D eigenvalue weighted by Crippen LogP contribution is 2.28. The Balaban J connectivity index is 2.88. The average Bonchev–Trinajstić information content (AvgIpc) is 2.29. The molecular weight excluding hydrogens is 202 g/mol. The second kappa shape index (κ2) is 5.56. The molecule has 0 aliphatic carbocycles. The fraction of sp³-hybridized carbons (Fsp3) is 0.385. The zero-order chi connectivity index (χ0) is 12.1. The number of hydrogen-bond donors (Lipinski definition) is 2. The standard InChI is InChI=1S/C13H19NO2/c1-5-9(2)14-10(3)12-8-11(16-4)6-7-13(12)15/h5-10,14-15H,1H2,2-4H3. The summed E-state index contributed by atoms with van der Waals surface area (Å²) in [5.41, 5.74) is 0.827. The normalized spacial score (nSPS) is 14.2. The van der Waals surface area contributed by atoms with Gasteiger partial charge in [-0.05, 0) is 32.0 Å². The van der Waals surface area contributed by atoms with Gasteiger partial charge in [0.15, 0.2) is 0 Å². The smallest absolute Gasteiger partial charge is 0.120 e. The maximum atomic E-state index is 9.77. The molecule has 3 nitrogen and oxygen atoms in total. The lowest BCUT2D eigenvalue weighted by Gasteiger charge is -2.19. The highest BCUT2D eigenvalue weighted by Gasteiger charge is 2.12. The van der Waals surface area contributed by atoms with Gasteiger partial charge in [-0.15, -0.1) is 6.58 Å². The SMILES string of the molecule is C=CC(C)NC(C)c1cc(OC)ccc1O. The Morgan fingerprint density at radius 3 is 2.69 bits per heavy atom. The summed E-state index contributed by atoms with van der Waals surface area (Å²) in [5, 5.41) is 13.1. The van der Waals surface area contributed by atoms with Gasteiger partial charge in [0.1, 0.15) is 11.5 Å². The van der Waals surface area contributed by atoms with Crippen LogP contribution in [0.3, 0.4) is 0 Å². The molecule has 3 heteroatoms. The summed E-state index contributed by atoms with van der Waals surface area (Å²) in [6.45, 7) is 7.72. The van der Waals surface area contributed by atoms with E-state index in [0.29, 0.717) is 0 Å². The van der Waals surface area contributed by atoms with Crippen LogP contribution in [-0.2, 0) is 0 Å². The molecule has 0 saturated carbocycles. The largest absolute Gasteiger partial charge is 0.508 e. The third-order valence-electron chi connectivity index (χ3n) is 2.57. The molecule has 1 rings (SSSR count). The molecule has 0 bridgehead atoms. The molecule has 0 aliphatic rings. The van der Waals surface area contributed by atoms with E-state index in [2.05, 4.69) is 11.9 Å². The topological polar surface area (TPSA) is 41.5 Å². The molecule has 0 spiro atoms. The van der Waals surface area contributed by atoms with Gasteiger partial charge in [-0.2, -0.15) is 0 Å². The number of ether oxygens (including phenoxy) is 1. The lowest BCUT2D eigenvalue weighted by molar-refractivity contribution is 0.406. The summed E-state index contributed by atoms with van der Waals surface area (Å²) >= 11 is 0. The highest BCUT2D eigenvalue weighted by molar-refractivity contribution is 5.41. The van der Waals surface area contributed by atoms with Gasteiger partial charge in [0.25, 0.3) is 0 Å². The van der Waals surface area contributed by atoms with Crippen molar-refractivity contribution in [3.05, 3.63) is 36.4 Å². The Kier molecular flexibility index (Phi) is 4.38. The molecule has 0 saturated heterocycles. The number of nitrogens with one attached hydrogen (secondary N) is 1. The molecule has 2 unspecified atom stereocenters. The molecule has 88 valence electrons. The van der Waals surface area contributed by atoms with Crippen LogP contribution >= 0.6 is 0 Å². The lowest BCUT2D eigenvalue weighted by atomic mass is 10.1. The van der Waals surface area contributed by atoms with Crippen molar-refractivity contribution in [1.29, 1.82) is 0 Å². The molecule has 0 aliphatic heterocycles. The van der Waals surface area contributed by atoms with Crippen LogP contribution in [0.4, 0.5) is 0 Å². The van der Waals surface area contributed by atoms with Gasteiger partial charge in [0.2, 0.25) is 0 Å². The van der Waals surface area contributed by atoms with Crippen molar-refractivity contribution in [2.75, 3.05) is 7.11 Å². The van der Waals surface area contributed by atoms with E-state index in [0.717, 1.165) is 11.3 Å². The molecule has 0 heterocycles. The first-order valence-corrected chi connectivity index (χ1v) is 5.34. The molecule has 2 N–H and O–H groups in total. The van der Waals surface area contributed by atoms with Gasteiger partial charge >= 0.3 is 0 Å². The van der Waals surface area contributed by atoms with Crippen LogP contribution < -0.4 is 10.1 Å². The predicted octanol–water partition coefficient (Wildman–Crippen LogP) is 2.63. The van der Waals surface area contributed by atoms with Gasteiger partial charge in [-0.25, -0.2) is 0 Å². The Morgan fingerprint density at radius 1 is 1.44 bits per heavy atom. The fourth-order valence-corrected chi connectivity index (χ4v) is 1.56. The summed E-state index contributed by atoms with van der Waals surface area (Å²) in [6, 6.07) is 5.46. The van der Waals surface area contributed by atoms with Crippen molar-refractivity contribution in [3.63, 3.8) is 0 Å². The maximum absolute atomic E-state index is 9.77. The summed E-state index contributed by atoms with van der Waals surface area (Å²) in [5.74, 6) is 1.02. The number of phenols is 1.